The Morgan fingerprint density at radius 1 is 0.968 bits per heavy atom. The third-order valence-electron chi connectivity index (χ3n) is 3.84. The molecule has 0 aliphatic rings. The standard InChI is InChI=1S/C16H10BF6.C5H5N3/c18-15(19,20)12-6-4-11(5-7-12)8-9-17-14-3-1-2-13(10-14)16(21,22)23;6-1-3-8-4-2-7-5-8/h1-10H;2,4-5H,3H2. The molecule has 0 unspecified atom stereocenters. The summed E-state index contributed by atoms with van der Waals surface area (Å²) in [6, 6.07) is 11.2. The molecule has 0 fully saturated rings. The van der Waals surface area contributed by atoms with Crippen LogP contribution in [-0.4, -0.2) is 16.8 Å². The van der Waals surface area contributed by atoms with E-state index in [0.717, 1.165) is 24.3 Å². The number of imidazole rings is 1. The number of nitrogens with zero attached hydrogens (tertiary/aromatic N) is 3. The summed E-state index contributed by atoms with van der Waals surface area (Å²) in [4.78, 5) is 3.75. The molecular formula is C21H15BF6N3. The van der Waals surface area contributed by atoms with Crippen LogP contribution in [0.3, 0.4) is 0 Å². The molecule has 3 nitrogen and oxygen atoms in total. The lowest BCUT2D eigenvalue weighted by atomic mass is 9.69. The van der Waals surface area contributed by atoms with E-state index in [4.69, 9.17) is 5.26 Å². The molecule has 0 bridgehead atoms. The smallest absolute Gasteiger partial charge is 0.324 e. The van der Waals surface area contributed by atoms with Crippen molar-refractivity contribution in [3.63, 3.8) is 0 Å². The molecule has 0 saturated heterocycles. The van der Waals surface area contributed by atoms with Crippen molar-refractivity contribution in [1.29, 1.82) is 5.26 Å². The number of aromatic nitrogens is 2. The normalized spacial score (nSPS) is 11.5. The van der Waals surface area contributed by atoms with Crippen molar-refractivity contribution in [3.8, 4) is 6.07 Å². The molecule has 0 aliphatic carbocycles. The Labute approximate surface area is 175 Å². The summed E-state index contributed by atoms with van der Waals surface area (Å²) in [6.45, 7) is 0.389. The fourth-order valence-electron chi connectivity index (χ4n) is 2.33. The van der Waals surface area contributed by atoms with E-state index < -0.39 is 23.5 Å². The molecule has 2 aromatic carbocycles. The molecule has 1 heterocycles. The van der Waals surface area contributed by atoms with Crippen molar-refractivity contribution in [2.75, 3.05) is 0 Å². The van der Waals surface area contributed by atoms with E-state index in [1.54, 1.807) is 23.3 Å². The van der Waals surface area contributed by atoms with Gasteiger partial charge in [0.25, 0.3) is 0 Å². The highest BCUT2D eigenvalue weighted by atomic mass is 19.4. The Morgan fingerprint density at radius 3 is 2.19 bits per heavy atom. The van der Waals surface area contributed by atoms with Crippen LogP contribution in [0.15, 0.2) is 73.2 Å². The summed E-state index contributed by atoms with van der Waals surface area (Å²) in [5, 5.41) is 8.14. The van der Waals surface area contributed by atoms with E-state index >= 15 is 0 Å². The van der Waals surface area contributed by atoms with Gasteiger partial charge in [0.05, 0.1) is 23.5 Å². The van der Waals surface area contributed by atoms with Crippen LogP contribution in [0.25, 0.3) is 6.08 Å². The van der Waals surface area contributed by atoms with Gasteiger partial charge in [-0.15, -0.1) is 5.98 Å². The lowest BCUT2D eigenvalue weighted by molar-refractivity contribution is -0.138. The first kappa shape index (κ1) is 23.8. The van der Waals surface area contributed by atoms with Crippen LogP contribution in [0, 0.1) is 11.3 Å². The van der Waals surface area contributed by atoms with Gasteiger partial charge in [-0.3, -0.25) is 0 Å². The molecule has 0 N–H and O–H groups in total. The maximum atomic E-state index is 12.6. The van der Waals surface area contributed by atoms with E-state index in [1.807, 2.05) is 6.07 Å². The summed E-state index contributed by atoms with van der Waals surface area (Å²) in [6.07, 6.45) is -2.28. The lowest BCUT2D eigenvalue weighted by Gasteiger charge is -2.07. The van der Waals surface area contributed by atoms with Crippen molar-refractivity contribution < 1.29 is 26.3 Å². The molecule has 159 valence electrons. The van der Waals surface area contributed by atoms with E-state index in [1.165, 1.54) is 43.6 Å². The number of nitriles is 1. The van der Waals surface area contributed by atoms with Crippen molar-refractivity contribution in [2.45, 2.75) is 18.9 Å². The molecule has 0 amide bonds. The fraction of sp³-hybridized carbons (Fsp3) is 0.143. The second kappa shape index (κ2) is 10.5. The number of halogens is 6. The average molecular weight is 434 g/mol. The number of hydrogen-bond acceptors (Lipinski definition) is 2. The van der Waals surface area contributed by atoms with Crippen molar-refractivity contribution in [2.24, 2.45) is 0 Å². The van der Waals surface area contributed by atoms with Gasteiger partial charge in [-0.2, -0.15) is 31.6 Å². The molecule has 31 heavy (non-hydrogen) atoms. The van der Waals surface area contributed by atoms with Crippen molar-refractivity contribution in [1.82, 2.24) is 9.55 Å². The Kier molecular flexibility index (Phi) is 8.08. The Hall–Kier alpha value is -3.48. The van der Waals surface area contributed by atoms with Crippen LogP contribution in [0.2, 0.25) is 0 Å². The van der Waals surface area contributed by atoms with Gasteiger partial charge in [0.2, 0.25) is 0 Å². The van der Waals surface area contributed by atoms with Crippen LogP contribution in [0.1, 0.15) is 16.7 Å². The third kappa shape index (κ3) is 8.05. The van der Waals surface area contributed by atoms with Crippen LogP contribution in [0.5, 0.6) is 0 Å². The highest BCUT2D eigenvalue weighted by molar-refractivity contribution is 6.59. The largest absolute Gasteiger partial charge is 0.416 e. The number of hydrogen-bond donors (Lipinski definition) is 0. The maximum absolute atomic E-state index is 12.6. The molecule has 0 saturated carbocycles. The summed E-state index contributed by atoms with van der Waals surface area (Å²) >= 11 is 0. The zero-order valence-corrected chi connectivity index (χ0v) is 15.9. The minimum atomic E-state index is -4.42. The molecule has 1 radical (unpaired) electrons. The minimum Gasteiger partial charge on any atom is -0.324 e. The van der Waals surface area contributed by atoms with Crippen LogP contribution < -0.4 is 5.46 Å². The Bertz CT molecular complexity index is 1020. The lowest BCUT2D eigenvalue weighted by Crippen LogP contribution is -2.15. The summed E-state index contributed by atoms with van der Waals surface area (Å²) in [7, 11) is 1.45. The molecule has 3 rings (SSSR count). The molecule has 1 aromatic heterocycles. The first-order valence-electron chi connectivity index (χ1n) is 8.78. The Balaban J connectivity index is 0.000000357. The average Bonchev–Trinajstić information content (AvgIpc) is 3.21. The van der Waals surface area contributed by atoms with Gasteiger partial charge in [0.1, 0.15) is 6.54 Å². The predicted octanol–water partition coefficient (Wildman–Crippen LogP) is 5.13. The van der Waals surface area contributed by atoms with Crippen LogP contribution in [-0.2, 0) is 18.9 Å². The van der Waals surface area contributed by atoms with E-state index in [2.05, 4.69) is 4.98 Å². The van der Waals surface area contributed by atoms with E-state index in [-0.39, 0.29) is 0 Å². The predicted molar refractivity (Wildman–Crippen MR) is 105 cm³/mol. The molecule has 0 atom stereocenters. The van der Waals surface area contributed by atoms with Crippen LogP contribution >= 0.6 is 0 Å². The maximum Gasteiger partial charge on any atom is 0.416 e. The molecule has 0 aliphatic heterocycles. The van der Waals surface area contributed by atoms with Crippen molar-refractivity contribution >= 4 is 18.8 Å². The zero-order valence-electron chi connectivity index (χ0n) is 15.9. The minimum absolute atomic E-state index is 0.350. The molecule has 10 heteroatoms. The summed E-state index contributed by atoms with van der Waals surface area (Å²) < 4.78 is 76.6. The third-order valence-corrected chi connectivity index (χ3v) is 3.84. The second-order valence-electron chi connectivity index (χ2n) is 6.16. The summed E-state index contributed by atoms with van der Waals surface area (Å²) in [5.41, 5.74) is -0.644. The SMILES string of the molecule is FC(F)(F)c1ccc(C=C[B]c2cccc(C(F)(F)F)c2)cc1.N#CCn1ccnc1. The second-order valence-corrected chi connectivity index (χ2v) is 6.16. The number of benzene rings is 2. The van der Waals surface area contributed by atoms with Gasteiger partial charge >= 0.3 is 12.4 Å². The van der Waals surface area contributed by atoms with E-state index in [0.29, 0.717) is 17.6 Å². The van der Waals surface area contributed by atoms with Gasteiger partial charge in [0, 0.05) is 12.4 Å². The number of alkyl halides is 6. The quantitative estimate of drug-likeness (QED) is 0.422. The molecule has 3 aromatic rings. The van der Waals surface area contributed by atoms with E-state index in [9.17, 15) is 26.3 Å². The molecular weight excluding hydrogens is 419 g/mol. The van der Waals surface area contributed by atoms with Gasteiger partial charge in [0.15, 0.2) is 7.28 Å². The van der Waals surface area contributed by atoms with Crippen LogP contribution in [0.4, 0.5) is 26.3 Å². The monoisotopic (exact) mass is 434 g/mol. The highest BCUT2D eigenvalue weighted by Crippen LogP contribution is 2.29. The summed E-state index contributed by atoms with van der Waals surface area (Å²) in [5.74, 6) is 1.48. The highest BCUT2D eigenvalue weighted by Gasteiger charge is 2.30. The van der Waals surface area contributed by atoms with Gasteiger partial charge in [-0.05, 0) is 17.7 Å². The van der Waals surface area contributed by atoms with Gasteiger partial charge in [-0.25, -0.2) is 4.98 Å². The topological polar surface area (TPSA) is 41.6 Å². The molecule has 0 spiro atoms. The van der Waals surface area contributed by atoms with Gasteiger partial charge in [-0.1, -0.05) is 47.9 Å². The first-order chi connectivity index (χ1) is 14.6. The van der Waals surface area contributed by atoms with Crippen molar-refractivity contribution in [3.05, 3.63) is 89.9 Å². The zero-order chi connectivity index (χ0) is 22.9. The first-order valence-corrected chi connectivity index (χ1v) is 8.78. The van der Waals surface area contributed by atoms with Gasteiger partial charge < -0.3 is 4.57 Å². The fourth-order valence-corrected chi connectivity index (χ4v) is 2.33. The Morgan fingerprint density at radius 2 is 1.65 bits per heavy atom. The number of rotatable bonds is 4.